The number of likely N-dealkylation sites (tertiary alicyclic amines) is 1. The highest BCUT2D eigenvalue weighted by atomic mass is 16.5. The SMILES string of the molecule is CCC(C)(C)C(=O)C(=O)N1CCCC[C@H]1C(=O)C[C@H](CCc1ccc(C)c(C)c1)c1cccc(NC(=O)CCC(=O)NCCCCCC(=O)COc2cccc3c2C(=O)N(C2CCC(=O)NC2=O)C3=O)c1. The number of anilines is 1. The van der Waals surface area contributed by atoms with Gasteiger partial charge in [-0.25, -0.2) is 0 Å². The van der Waals surface area contributed by atoms with Gasteiger partial charge in [-0.2, -0.15) is 0 Å². The Bertz CT molecular complexity index is 2570. The largest absolute Gasteiger partial charge is 0.485 e. The molecule has 0 saturated carbocycles. The number of imide groups is 2. The first kappa shape index (κ1) is 53.5. The van der Waals surface area contributed by atoms with Crippen molar-refractivity contribution in [3.63, 3.8) is 0 Å². The van der Waals surface area contributed by atoms with Crippen LogP contribution in [0.2, 0.25) is 0 Å². The average molecular weight is 974 g/mol. The van der Waals surface area contributed by atoms with E-state index in [9.17, 15) is 47.9 Å². The number of carbonyl (C=O) groups is 10. The number of hydrogen-bond acceptors (Lipinski definition) is 11. The van der Waals surface area contributed by atoms with Crippen LogP contribution in [0.3, 0.4) is 0 Å². The van der Waals surface area contributed by atoms with Gasteiger partial charge < -0.3 is 20.3 Å². The van der Waals surface area contributed by atoms with Crippen molar-refractivity contribution in [1.29, 1.82) is 0 Å². The lowest BCUT2D eigenvalue weighted by Crippen LogP contribution is -2.54. The van der Waals surface area contributed by atoms with Gasteiger partial charge in [-0.15, -0.1) is 0 Å². The van der Waals surface area contributed by atoms with Crippen molar-refractivity contribution in [2.24, 2.45) is 5.41 Å². The Morgan fingerprint density at radius 3 is 2.34 bits per heavy atom. The van der Waals surface area contributed by atoms with Crippen LogP contribution in [0.4, 0.5) is 5.69 Å². The summed E-state index contributed by atoms with van der Waals surface area (Å²) in [4.78, 5) is 132. The zero-order chi connectivity index (χ0) is 51.4. The Kier molecular flexibility index (Phi) is 18.3. The summed E-state index contributed by atoms with van der Waals surface area (Å²) in [5.74, 6) is -4.80. The van der Waals surface area contributed by atoms with Crippen molar-refractivity contribution in [3.8, 4) is 5.75 Å². The molecule has 0 aromatic heterocycles. The molecule has 378 valence electrons. The molecule has 16 heteroatoms. The third-order valence-corrected chi connectivity index (χ3v) is 14.1. The van der Waals surface area contributed by atoms with Crippen LogP contribution in [0.1, 0.15) is 160 Å². The summed E-state index contributed by atoms with van der Waals surface area (Å²) in [6, 6.07) is 16.4. The number of amides is 7. The minimum absolute atomic E-state index is 0.00684. The normalized spacial score (nSPS) is 17.3. The number of unbranched alkanes of at least 4 members (excludes halogenated alkanes) is 2. The number of piperidine rings is 2. The molecule has 0 aliphatic carbocycles. The van der Waals surface area contributed by atoms with Gasteiger partial charge in [-0.3, -0.25) is 58.2 Å². The summed E-state index contributed by atoms with van der Waals surface area (Å²) in [7, 11) is 0. The summed E-state index contributed by atoms with van der Waals surface area (Å²) >= 11 is 0. The molecule has 3 heterocycles. The van der Waals surface area contributed by atoms with Crippen LogP contribution in [0.25, 0.3) is 0 Å². The molecule has 3 aromatic rings. The molecule has 0 bridgehead atoms. The molecule has 2 saturated heterocycles. The number of nitrogens with zero attached hydrogens (tertiary/aromatic N) is 2. The Morgan fingerprint density at radius 1 is 0.831 bits per heavy atom. The van der Waals surface area contributed by atoms with Gasteiger partial charge in [0.1, 0.15) is 18.4 Å². The van der Waals surface area contributed by atoms with Crippen molar-refractivity contribution in [3.05, 3.63) is 94.0 Å². The van der Waals surface area contributed by atoms with E-state index >= 15 is 0 Å². The Balaban J connectivity index is 0.943. The van der Waals surface area contributed by atoms with Crippen LogP contribution in [-0.2, 0) is 44.8 Å². The Labute approximate surface area is 415 Å². The highest BCUT2D eigenvalue weighted by molar-refractivity contribution is 6.38. The summed E-state index contributed by atoms with van der Waals surface area (Å²) < 4.78 is 5.69. The monoisotopic (exact) mass is 973 g/mol. The highest BCUT2D eigenvalue weighted by Gasteiger charge is 2.46. The second kappa shape index (κ2) is 24.3. The molecule has 3 aromatic carbocycles. The molecule has 6 rings (SSSR count). The fourth-order valence-corrected chi connectivity index (χ4v) is 9.25. The second-order valence-corrected chi connectivity index (χ2v) is 19.7. The van der Waals surface area contributed by atoms with Gasteiger partial charge in [0.05, 0.1) is 17.2 Å². The van der Waals surface area contributed by atoms with Crippen molar-refractivity contribution in [1.82, 2.24) is 20.4 Å². The topological polar surface area (TPSA) is 222 Å². The van der Waals surface area contributed by atoms with E-state index in [2.05, 4.69) is 48.0 Å². The van der Waals surface area contributed by atoms with E-state index in [1.165, 1.54) is 34.2 Å². The predicted molar refractivity (Wildman–Crippen MR) is 264 cm³/mol. The molecular weight excluding hydrogens is 907 g/mol. The average Bonchev–Trinajstić information content (AvgIpc) is 3.61. The number of ketones is 3. The first-order valence-corrected chi connectivity index (χ1v) is 25.0. The molecule has 16 nitrogen and oxygen atoms in total. The number of carbonyl (C=O) groups excluding carboxylic acids is 10. The van der Waals surface area contributed by atoms with Gasteiger partial charge in [0, 0.05) is 56.3 Å². The second-order valence-electron chi connectivity index (χ2n) is 19.7. The standard InChI is InChI=1S/C55H67N5O11/c1-6-55(4,5)50(66)54(70)59-29-11-9-18-42(59)44(62)32-38(23-22-36-21-20-34(2)35(3)30-36)37-14-12-15-39(31-37)57-47(64)27-26-46(63)56-28-10-7-8-16-40(61)33-71-45-19-13-17-41-49(45)53(69)60(52(41)68)43-24-25-48(65)58-51(43)67/h12-15,17,19-21,30-31,38,42-43H,6-11,16,18,22-29,32-33H2,1-5H3,(H,56,63)(H,57,64)(H,58,65,67)/t38-,42-,43?/m0/s1. The molecule has 71 heavy (non-hydrogen) atoms. The first-order chi connectivity index (χ1) is 33.9. The zero-order valence-electron chi connectivity index (χ0n) is 41.6. The lowest BCUT2D eigenvalue weighted by molar-refractivity contribution is -0.153. The first-order valence-electron chi connectivity index (χ1n) is 25.0. The van der Waals surface area contributed by atoms with E-state index in [0.717, 1.165) is 28.9 Å². The van der Waals surface area contributed by atoms with Crippen LogP contribution in [0.5, 0.6) is 5.75 Å². The van der Waals surface area contributed by atoms with E-state index in [-0.39, 0.29) is 91.3 Å². The van der Waals surface area contributed by atoms with Crippen LogP contribution < -0.4 is 20.7 Å². The smallest absolute Gasteiger partial charge is 0.291 e. The number of ether oxygens (including phenoxy) is 1. The summed E-state index contributed by atoms with van der Waals surface area (Å²) in [6.45, 7) is 9.91. The van der Waals surface area contributed by atoms with Crippen LogP contribution in [0, 0.1) is 19.3 Å². The Hall–Kier alpha value is -6.84. The van der Waals surface area contributed by atoms with Gasteiger partial charge in [0.25, 0.3) is 17.7 Å². The molecule has 3 aliphatic heterocycles. The lowest BCUT2D eigenvalue weighted by Gasteiger charge is -2.36. The number of nitrogens with one attached hydrogen (secondary N) is 3. The van der Waals surface area contributed by atoms with Gasteiger partial charge in [0.15, 0.2) is 11.6 Å². The molecular formula is C55H67N5O11. The van der Waals surface area contributed by atoms with Crippen molar-refractivity contribution in [2.75, 3.05) is 25.0 Å². The van der Waals surface area contributed by atoms with Crippen molar-refractivity contribution >= 4 is 64.4 Å². The quantitative estimate of drug-likeness (QED) is 0.0481. The fraction of sp³-hybridized carbons (Fsp3) is 0.491. The molecule has 2 fully saturated rings. The van der Waals surface area contributed by atoms with Gasteiger partial charge >= 0.3 is 0 Å². The van der Waals surface area contributed by atoms with Crippen LogP contribution >= 0.6 is 0 Å². The number of aryl methyl sites for hydroxylation is 3. The van der Waals surface area contributed by atoms with Crippen LogP contribution in [-0.4, -0.2) is 100 Å². The molecule has 1 unspecified atom stereocenters. The summed E-state index contributed by atoms with van der Waals surface area (Å²) in [5.41, 5.74) is 4.10. The third kappa shape index (κ3) is 13.7. The third-order valence-electron chi connectivity index (χ3n) is 14.1. The van der Waals surface area contributed by atoms with E-state index in [1.807, 2.05) is 25.1 Å². The maximum absolute atomic E-state index is 14.2. The lowest BCUT2D eigenvalue weighted by atomic mass is 9.82. The van der Waals surface area contributed by atoms with Gasteiger partial charge in [0.2, 0.25) is 29.4 Å². The van der Waals surface area contributed by atoms with E-state index < -0.39 is 52.8 Å². The minimum atomic E-state index is -1.12. The van der Waals surface area contributed by atoms with E-state index in [4.69, 9.17) is 4.74 Å². The molecule has 3 aliphatic rings. The molecule has 0 radical (unpaired) electrons. The van der Waals surface area contributed by atoms with E-state index in [0.29, 0.717) is 63.7 Å². The van der Waals surface area contributed by atoms with Crippen molar-refractivity contribution in [2.45, 2.75) is 149 Å². The number of rotatable bonds is 24. The number of fused-ring (bicyclic) bond motifs is 1. The molecule has 0 spiro atoms. The van der Waals surface area contributed by atoms with Gasteiger partial charge in [-0.1, -0.05) is 63.6 Å². The maximum Gasteiger partial charge on any atom is 0.291 e. The van der Waals surface area contributed by atoms with E-state index in [1.54, 1.807) is 19.9 Å². The number of benzene rings is 3. The summed E-state index contributed by atoms with van der Waals surface area (Å²) in [5, 5.41) is 7.89. The number of Topliss-reactive ketones (excluding diaryl/α,β-unsaturated/α-hetero) is 3. The minimum Gasteiger partial charge on any atom is -0.485 e. The molecule has 3 N–H and O–H groups in total. The fourth-order valence-electron chi connectivity index (χ4n) is 9.25. The number of hydrogen-bond donors (Lipinski definition) is 3. The zero-order valence-corrected chi connectivity index (χ0v) is 41.6. The molecule has 7 amide bonds. The Morgan fingerprint density at radius 2 is 1.59 bits per heavy atom. The molecule has 3 atom stereocenters. The van der Waals surface area contributed by atoms with Crippen LogP contribution in [0.15, 0.2) is 60.7 Å². The van der Waals surface area contributed by atoms with Crippen molar-refractivity contribution < 1.29 is 52.7 Å². The summed E-state index contributed by atoms with van der Waals surface area (Å²) in [6.07, 6.45) is 5.87. The predicted octanol–water partition coefficient (Wildman–Crippen LogP) is 6.81. The highest BCUT2D eigenvalue weighted by Crippen LogP contribution is 2.35. The van der Waals surface area contributed by atoms with Gasteiger partial charge in [-0.05, 0) is 124 Å². The maximum atomic E-state index is 14.2.